The van der Waals surface area contributed by atoms with Gasteiger partial charge in [0.15, 0.2) is 0 Å². The third-order valence-electron chi connectivity index (χ3n) is 1.98. The molecule has 0 aliphatic rings. The topological polar surface area (TPSA) is 78.7 Å². The lowest BCUT2D eigenvalue weighted by molar-refractivity contribution is -0.385. The van der Waals surface area contributed by atoms with E-state index in [0.29, 0.717) is 5.56 Å². The molecule has 0 spiro atoms. The molecule has 1 aromatic rings. The van der Waals surface area contributed by atoms with Gasteiger partial charge < -0.3 is 9.47 Å². The van der Waals surface area contributed by atoms with E-state index in [9.17, 15) is 14.9 Å². The zero-order valence-corrected chi connectivity index (χ0v) is 8.93. The number of nitrogens with zero attached hydrogens (tertiary/aromatic N) is 1. The number of hydrogen-bond acceptors (Lipinski definition) is 5. The highest BCUT2D eigenvalue weighted by Crippen LogP contribution is 2.21. The van der Waals surface area contributed by atoms with Crippen LogP contribution in [0.3, 0.4) is 0 Å². The Morgan fingerprint density at radius 3 is 2.62 bits per heavy atom. The predicted molar refractivity (Wildman–Crippen MR) is 55.1 cm³/mol. The molecule has 0 saturated carbocycles. The van der Waals surface area contributed by atoms with Crippen molar-refractivity contribution in [2.24, 2.45) is 0 Å². The monoisotopic (exact) mass is 225 g/mol. The molecule has 0 atom stereocenters. The van der Waals surface area contributed by atoms with Crippen molar-refractivity contribution in [1.82, 2.24) is 0 Å². The molecule has 0 aromatic heterocycles. The van der Waals surface area contributed by atoms with Gasteiger partial charge in [0, 0.05) is 13.2 Å². The zero-order valence-electron chi connectivity index (χ0n) is 8.93. The van der Waals surface area contributed by atoms with Gasteiger partial charge in [-0.25, -0.2) is 4.79 Å². The first kappa shape index (κ1) is 12.1. The van der Waals surface area contributed by atoms with Gasteiger partial charge in [0.1, 0.15) is 5.56 Å². The van der Waals surface area contributed by atoms with E-state index >= 15 is 0 Å². The molecule has 0 radical (unpaired) electrons. The van der Waals surface area contributed by atoms with Crippen molar-refractivity contribution in [3.8, 4) is 0 Å². The normalized spacial score (nSPS) is 9.88. The minimum absolute atomic E-state index is 0.0626. The Kier molecular flexibility index (Phi) is 3.96. The molecule has 0 aliphatic heterocycles. The van der Waals surface area contributed by atoms with E-state index < -0.39 is 10.9 Å². The molecule has 0 saturated heterocycles. The summed E-state index contributed by atoms with van der Waals surface area (Å²) < 4.78 is 9.30. The summed E-state index contributed by atoms with van der Waals surface area (Å²) in [6, 6.07) is 4.25. The number of methoxy groups -OCH3 is 2. The molecule has 0 N–H and O–H groups in total. The Bertz CT molecular complexity index is 416. The van der Waals surface area contributed by atoms with Gasteiger partial charge in [-0.2, -0.15) is 0 Å². The maximum absolute atomic E-state index is 11.2. The minimum atomic E-state index is -0.726. The Hall–Kier alpha value is -1.95. The van der Waals surface area contributed by atoms with Crippen LogP contribution in [0.25, 0.3) is 0 Å². The highest BCUT2D eigenvalue weighted by Gasteiger charge is 2.20. The maximum atomic E-state index is 11.2. The van der Waals surface area contributed by atoms with E-state index in [2.05, 4.69) is 4.74 Å². The van der Waals surface area contributed by atoms with Crippen LogP contribution in [0.2, 0.25) is 0 Å². The fourth-order valence-corrected chi connectivity index (χ4v) is 1.27. The van der Waals surface area contributed by atoms with E-state index in [1.54, 1.807) is 6.07 Å². The van der Waals surface area contributed by atoms with Crippen molar-refractivity contribution < 1.29 is 19.2 Å². The summed E-state index contributed by atoms with van der Waals surface area (Å²) in [5, 5.41) is 10.8. The van der Waals surface area contributed by atoms with Gasteiger partial charge >= 0.3 is 5.97 Å². The van der Waals surface area contributed by atoms with Crippen LogP contribution < -0.4 is 0 Å². The maximum Gasteiger partial charge on any atom is 0.344 e. The minimum Gasteiger partial charge on any atom is -0.465 e. The number of carbonyl (C=O) groups excluding carboxylic acids is 1. The number of ether oxygens (including phenoxy) is 2. The van der Waals surface area contributed by atoms with Gasteiger partial charge in [-0.15, -0.1) is 0 Å². The summed E-state index contributed by atoms with van der Waals surface area (Å²) in [4.78, 5) is 21.4. The van der Waals surface area contributed by atoms with E-state index in [1.807, 2.05) is 0 Å². The molecule has 6 heteroatoms. The number of carbonyl (C=O) groups is 1. The standard InChI is InChI=1S/C10H11NO5/c1-15-6-7-3-4-8(10(12)16-2)9(5-7)11(13)14/h3-5H,6H2,1-2H3. The van der Waals surface area contributed by atoms with Crippen LogP contribution in [-0.2, 0) is 16.1 Å². The van der Waals surface area contributed by atoms with Crippen LogP contribution in [0.5, 0.6) is 0 Å². The molecule has 1 aromatic carbocycles. The number of benzene rings is 1. The second-order valence-corrected chi connectivity index (χ2v) is 3.03. The quantitative estimate of drug-likeness (QED) is 0.441. The van der Waals surface area contributed by atoms with E-state index in [4.69, 9.17) is 4.74 Å². The number of nitro groups is 1. The lowest BCUT2D eigenvalue weighted by atomic mass is 10.1. The molecular weight excluding hydrogens is 214 g/mol. The predicted octanol–water partition coefficient (Wildman–Crippen LogP) is 1.53. The summed E-state index contributed by atoms with van der Waals surface area (Å²) >= 11 is 0. The molecular formula is C10H11NO5. The fraction of sp³-hybridized carbons (Fsp3) is 0.300. The van der Waals surface area contributed by atoms with Gasteiger partial charge in [0.05, 0.1) is 18.6 Å². The lowest BCUT2D eigenvalue weighted by Crippen LogP contribution is -2.06. The van der Waals surface area contributed by atoms with Crippen molar-refractivity contribution in [2.45, 2.75) is 6.61 Å². The highest BCUT2D eigenvalue weighted by molar-refractivity contribution is 5.93. The van der Waals surface area contributed by atoms with E-state index in [-0.39, 0.29) is 17.9 Å². The average molecular weight is 225 g/mol. The third kappa shape index (κ3) is 2.54. The summed E-state index contributed by atoms with van der Waals surface area (Å²) in [6.45, 7) is 0.252. The second-order valence-electron chi connectivity index (χ2n) is 3.03. The van der Waals surface area contributed by atoms with Crippen molar-refractivity contribution >= 4 is 11.7 Å². The Morgan fingerprint density at radius 2 is 2.12 bits per heavy atom. The number of nitro benzene ring substituents is 1. The number of hydrogen-bond donors (Lipinski definition) is 0. The molecule has 0 fully saturated rings. The highest BCUT2D eigenvalue weighted by atomic mass is 16.6. The van der Waals surface area contributed by atoms with E-state index in [1.165, 1.54) is 26.4 Å². The average Bonchev–Trinajstić information content (AvgIpc) is 2.28. The van der Waals surface area contributed by atoms with Crippen LogP contribution in [0, 0.1) is 10.1 Å². The Labute approximate surface area is 91.9 Å². The summed E-state index contributed by atoms with van der Waals surface area (Å²) in [7, 11) is 2.66. The van der Waals surface area contributed by atoms with Gasteiger partial charge in [-0.3, -0.25) is 10.1 Å². The molecule has 16 heavy (non-hydrogen) atoms. The molecule has 1 rings (SSSR count). The first-order valence-corrected chi connectivity index (χ1v) is 4.44. The second kappa shape index (κ2) is 5.22. The van der Waals surface area contributed by atoms with Gasteiger partial charge in [-0.05, 0) is 11.6 Å². The number of esters is 1. The molecule has 0 amide bonds. The van der Waals surface area contributed by atoms with Gasteiger partial charge in [0.2, 0.25) is 0 Å². The summed E-state index contributed by atoms with van der Waals surface area (Å²) in [6.07, 6.45) is 0. The third-order valence-corrected chi connectivity index (χ3v) is 1.98. The molecule has 0 bridgehead atoms. The van der Waals surface area contributed by atoms with Crippen molar-refractivity contribution in [3.63, 3.8) is 0 Å². The largest absolute Gasteiger partial charge is 0.465 e. The van der Waals surface area contributed by atoms with Gasteiger partial charge in [0.25, 0.3) is 5.69 Å². The fourth-order valence-electron chi connectivity index (χ4n) is 1.27. The SMILES string of the molecule is COCc1ccc(C(=O)OC)c([N+](=O)[O-])c1. The Morgan fingerprint density at radius 1 is 1.44 bits per heavy atom. The first-order chi connectivity index (χ1) is 7.60. The van der Waals surface area contributed by atoms with E-state index in [0.717, 1.165) is 0 Å². The van der Waals surface area contributed by atoms with Crippen LogP contribution in [-0.4, -0.2) is 25.1 Å². The molecule has 6 nitrogen and oxygen atoms in total. The Balaban J connectivity index is 3.19. The van der Waals surface area contributed by atoms with Gasteiger partial charge in [-0.1, -0.05) is 6.07 Å². The van der Waals surface area contributed by atoms with Crippen LogP contribution in [0.1, 0.15) is 15.9 Å². The molecule has 0 unspecified atom stereocenters. The van der Waals surface area contributed by atoms with Crippen LogP contribution in [0.4, 0.5) is 5.69 Å². The van der Waals surface area contributed by atoms with Crippen molar-refractivity contribution in [3.05, 3.63) is 39.4 Å². The smallest absolute Gasteiger partial charge is 0.344 e. The van der Waals surface area contributed by atoms with Crippen LogP contribution in [0.15, 0.2) is 18.2 Å². The molecule has 86 valence electrons. The zero-order chi connectivity index (χ0) is 12.1. The molecule has 0 heterocycles. The summed E-state index contributed by atoms with van der Waals surface area (Å²) in [5.41, 5.74) is 0.288. The van der Waals surface area contributed by atoms with Crippen molar-refractivity contribution in [2.75, 3.05) is 14.2 Å². The van der Waals surface area contributed by atoms with Crippen molar-refractivity contribution in [1.29, 1.82) is 0 Å². The lowest BCUT2D eigenvalue weighted by Gasteiger charge is -2.03. The number of rotatable bonds is 4. The van der Waals surface area contributed by atoms with Crippen LogP contribution >= 0.6 is 0 Å². The summed E-state index contributed by atoms with van der Waals surface area (Å²) in [5.74, 6) is -0.726. The molecule has 0 aliphatic carbocycles. The first-order valence-electron chi connectivity index (χ1n) is 4.44.